The molecule has 0 saturated heterocycles. The van der Waals surface area contributed by atoms with E-state index in [1.165, 1.54) is 5.56 Å². The van der Waals surface area contributed by atoms with Gasteiger partial charge in [-0.25, -0.2) is 9.97 Å². The van der Waals surface area contributed by atoms with Crippen molar-refractivity contribution < 1.29 is 9.15 Å². The number of halogens is 1. The van der Waals surface area contributed by atoms with Gasteiger partial charge in [-0.1, -0.05) is 48.0 Å². The molecule has 2 heterocycles. The van der Waals surface area contributed by atoms with E-state index in [0.717, 1.165) is 22.4 Å². The van der Waals surface area contributed by atoms with Crippen molar-refractivity contribution in [2.45, 2.75) is 26.6 Å². The quantitative estimate of drug-likeness (QED) is 0.174. The Kier molecular flexibility index (Phi) is 9.45. The van der Waals surface area contributed by atoms with Gasteiger partial charge in [-0.2, -0.15) is 0 Å². The summed E-state index contributed by atoms with van der Waals surface area (Å²) in [5, 5.41) is 6.56. The Balaban J connectivity index is 0.00000324. The highest BCUT2D eigenvalue weighted by Gasteiger charge is 2.08. The van der Waals surface area contributed by atoms with E-state index in [2.05, 4.69) is 32.5 Å². The highest BCUT2D eigenvalue weighted by molar-refractivity contribution is 14.0. The van der Waals surface area contributed by atoms with Gasteiger partial charge < -0.3 is 19.8 Å². The second kappa shape index (κ2) is 12.7. The van der Waals surface area contributed by atoms with Crippen LogP contribution in [0, 0.1) is 6.92 Å². The van der Waals surface area contributed by atoms with Crippen molar-refractivity contribution in [1.82, 2.24) is 20.6 Å². The zero-order valence-corrected chi connectivity index (χ0v) is 21.5. The van der Waals surface area contributed by atoms with Crippen molar-refractivity contribution in [3.05, 3.63) is 102 Å². The Morgan fingerprint density at radius 2 is 1.74 bits per heavy atom. The van der Waals surface area contributed by atoms with Gasteiger partial charge in [0.2, 0.25) is 11.8 Å². The molecule has 0 atom stereocenters. The number of nitrogens with zero attached hydrogens (tertiary/aromatic N) is 3. The van der Waals surface area contributed by atoms with E-state index in [4.69, 9.17) is 9.15 Å². The van der Waals surface area contributed by atoms with Crippen LogP contribution in [0.5, 0.6) is 5.88 Å². The maximum atomic E-state index is 5.81. The van der Waals surface area contributed by atoms with E-state index in [9.17, 15) is 0 Å². The lowest BCUT2D eigenvalue weighted by Gasteiger charge is -2.12. The number of nitrogens with one attached hydrogen (secondary N) is 2. The molecule has 0 aliphatic carbocycles. The first-order valence-corrected chi connectivity index (χ1v) is 10.8. The lowest BCUT2D eigenvalue weighted by atomic mass is 10.1. The molecule has 0 amide bonds. The number of hydrogen-bond acceptors (Lipinski definition) is 5. The number of hydrogen-bond donors (Lipinski definition) is 2. The average Bonchev–Trinajstić information content (AvgIpc) is 3.33. The fourth-order valence-electron chi connectivity index (χ4n) is 3.17. The minimum Gasteiger partial charge on any atom is -0.473 e. The molecule has 34 heavy (non-hydrogen) atoms. The second-order valence-corrected chi connectivity index (χ2v) is 7.57. The summed E-state index contributed by atoms with van der Waals surface area (Å²) in [5.41, 5.74) is 5.10. The van der Waals surface area contributed by atoms with Crippen LogP contribution in [0.3, 0.4) is 0 Å². The van der Waals surface area contributed by atoms with E-state index < -0.39 is 0 Å². The number of oxazole rings is 1. The summed E-state index contributed by atoms with van der Waals surface area (Å²) in [6, 6.07) is 22.0. The number of guanidine groups is 1. The molecular formula is C26H28IN5O2. The van der Waals surface area contributed by atoms with Crippen LogP contribution in [-0.4, -0.2) is 23.0 Å². The summed E-state index contributed by atoms with van der Waals surface area (Å²) in [5.74, 6) is 1.86. The average molecular weight is 569 g/mol. The third-order valence-corrected chi connectivity index (χ3v) is 5.00. The SMILES string of the molecule is CN=C(NCc1ccnc(OCc2ccccc2)c1)NCc1coc(-c2ccc(C)cc2)n1.I. The van der Waals surface area contributed by atoms with Crippen LogP contribution in [0.1, 0.15) is 22.4 Å². The third kappa shape index (κ3) is 7.31. The van der Waals surface area contributed by atoms with Crippen LogP contribution >= 0.6 is 24.0 Å². The molecule has 0 saturated carbocycles. The number of pyridine rings is 1. The molecule has 0 aliphatic rings. The molecular weight excluding hydrogens is 541 g/mol. The Labute approximate surface area is 216 Å². The topological polar surface area (TPSA) is 84.6 Å². The lowest BCUT2D eigenvalue weighted by Crippen LogP contribution is -2.36. The molecule has 2 aromatic carbocycles. The first-order valence-electron chi connectivity index (χ1n) is 10.8. The van der Waals surface area contributed by atoms with Gasteiger partial charge in [-0.3, -0.25) is 4.99 Å². The van der Waals surface area contributed by atoms with Crippen molar-refractivity contribution in [2.75, 3.05) is 7.05 Å². The maximum Gasteiger partial charge on any atom is 0.226 e. The van der Waals surface area contributed by atoms with Crippen molar-refractivity contribution in [3.63, 3.8) is 0 Å². The van der Waals surface area contributed by atoms with Gasteiger partial charge in [0.25, 0.3) is 0 Å². The molecule has 2 N–H and O–H groups in total. The van der Waals surface area contributed by atoms with E-state index in [-0.39, 0.29) is 24.0 Å². The summed E-state index contributed by atoms with van der Waals surface area (Å²) in [4.78, 5) is 13.1. The molecule has 0 spiro atoms. The van der Waals surface area contributed by atoms with Crippen molar-refractivity contribution >= 4 is 29.9 Å². The monoisotopic (exact) mass is 569 g/mol. The fourth-order valence-corrected chi connectivity index (χ4v) is 3.17. The Hall–Kier alpha value is -3.40. The third-order valence-electron chi connectivity index (χ3n) is 5.00. The number of aliphatic imine (C=N–C) groups is 1. The Morgan fingerprint density at radius 1 is 0.971 bits per heavy atom. The Morgan fingerprint density at radius 3 is 2.50 bits per heavy atom. The summed E-state index contributed by atoms with van der Waals surface area (Å²) >= 11 is 0. The van der Waals surface area contributed by atoms with Crippen LogP contribution in [0.25, 0.3) is 11.5 Å². The molecule has 7 nitrogen and oxygen atoms in total. The summed E-state index contributed by atoms with van der Waals surface area (Å²) in [6.45, 7) is 3.61. The van der Waals surface area contributed by atoms with Gasteiger partial charge in [0, 0.05) is 31.4 Å². The van der Waals surface area contributed by atoms with Gasteiger partial charge in [0.1, 0.15) is 12.9 Å². The smallest absolute Gasteiger partial charge is 0.226 e. The molecule has 2 aromatic heterocycles. The van der Waals surface area contributed by atoms with Crippen molar-refractivity contribution in [2.24, 2.45) is 4.99 Å². The molecule has 0 aliphatic heterocycles. The normalized spacial score (nSPS) is 10.9. The molecule has 176 valence electrons. The van der Waals surface area contributed by atoms with E-state index >= 15 is 0 Å². The standard InChI is InChI=1S/C26H27N5O2.HI/c1-19-8-10-22(11-9-19)25-31-23(18-33-25)16-30-26(27-2)29-15-21-12-13-28-24(14-21)32-17-20-6-4-3-5-7-20;/h3-14,18H,15-17H2,1-2H3,(H2,27,29,30);1H. The molecule has 8 heteroatoms. The maximum absolute atomic E-state index is 5.81. The van der Waals surface area contributed by atoms with Gasteiger partial charge in [-0.15, -0.1) is 24.0 Å². The van der Waals surface area contributed by atoms with Gasteiger partial charge in [0.15, 0.2) is 5.96 Å². The van der Waals surface area contributed by atoms with Gasteiger partial charge in [0.05, 0.1) is 12.2 Å². The summed E-state index contributed by atoms with van der Waals surface area (Å²) < 4.78 is 11.4. The first kappa shape index (κ1) is 25.2. The molecule has 0 radical (unpaired) electrons. The highest BCUT2D eigenvalue weighted by atomic mass is 127. The number of aromatic nitrogens is 2. The van der Waals surface area contributed by atoms with Crippen LogP contribution in [-0.2, 0) is 19.7 Å². The lowest BCUT2D eigenvalue weighted by molar-refractivity contribution is 0.293. The zero-order valence-electron chi connectivity index (χ0n) is 19.2. The zero-order chi connectivity index (χ0) is 22.9. The number of benzene rings is 2. The minimum atomic E-state index is 0. The predicted molar refractivity (Wildman–Crippen MR) is 144 cm³/mol. The highest BCUT2D eigenvalue weighted by Crippen LogP contribution is 2.19. The second-order valence-electron chi connectivity index (χ2n) is 7.57. The molecule has 4 rings (SSSR count). The van der Waals surface area contributed by atoms with E-state index in [1.54, 1.807) is 19.5 Å². The number of ether oxygens (including phenoxy) is 1. The van der Waals surface area contributed by atoms with Crippen LogP contribution in [0.2, 0.25) is 0 Å². The fraction of sp³-hybridized carbons (Fsp3) is 0.192. The number of rotatable bonds is 8. The molecule has 0 fully saturated rings. The van der Waals surface area contributed by atoms with Crippen molar-refractivity contribution in [3.8, 4) is 17.3 Å². The Bertz CT molecular complexity index is 1190. The molecule has 4 aromatic rings. The van der Waals surface area contributed by atoms with Crippen molar-refractivity contribution in [1.29, 1.82) is 0 Å². The first-order chi connectivity index (χ1) is 16.2. The van der Waals surface area contributed by atoms with Crippen LogP contribution in [0.15, 0.2) is 88.6 Å². The summed E-state index contributed by atoms with van der Waals surface area (Å²) in [7, 11) is 1.73. The van der Waals surface area contributed by atoms with Crippen LogP contribution in [0.4, 0.5) is 0 Å². The van der Waals surface area contributed by atoms with Gasteiger partial charge >= 0.3 is 0 Å². The summed E-state index contributed by atoms with van der Waals surface area (Å²) in [6.07, 6.45) is 3.41. The predicted octanol–water partition coefficient (Wildman–Crippen LogP) is 5.11. The largest absolute Gasteiger partial charge is 0.473 e. The van der Waals surface area contributed by atoms with E-state index in [1.807, 2.05) is 66.7 Å². The minimum absolute atomic E-state index is 0. The molecule has 0 bridgehead atoms. The van der Waals surface area contributed by atoms with Gasteiger partial charge in [-0.05, 0) is 36.2 Å². The molecule has 0 unspecified atom stereocenters. The van der Waals surface area contributed by atoms with E-state index in [0.29, 0.717) is 37.4 Å². The van der Waals surface area contributed by atoms with Crippen LogP contribution < -0.4 is 15.4 Å². The number of aryl methyl sites for hydroxylation is 1.